The monoisotopic (exact) mass is 405 g/mol. The van der Waals surface area contributed by atoms with Crippen LogP contribution in [-0.4, -0.2) is 67.8 Å². The minimum atomic E-state index is -3.17. The van der Waals surface area contributed by atoms with Gasteiger partial charge in [-0.25, -0.2) is 23.1 Å². The number of anilines is 1. The molecule has 3 saturated heterocycles. The average molecular weight is 406 g/mol. The maximum atomic E-state index is 11.7. The zero-order chi connectivity index (χ0) is 19.3. The number of hydrogen-bond acceptors (Lipinski definition) is 6. The Bertz CT molecular complexity index is 828. The number of nitrogens with one attached hydrogen (secondary N) is 1. The molecule has 8 heteroatoms. The van der Waals surface area contributed by atoms with E-state index in [2.05, 4.69) is 30.6 Å². The fourth-order valence-electron chi connectivity index (χ4n) is 5.75. The first kappa shape index (κ1) is 18.8. The fourth-order valence-corrected chi connectivity index (χ4v) is 6.22. The third kappa shape index (κ3) is 3.78. The minimum absolute atomic E-state index is 0.281. The Hall–Kier alpha value is -1.25. The first-order valence-corrected chi connectivity index (χ1v) is 12.6. The smallest absolute Gasteiger partial charge is 0.208 e. The number of rotatable bonds is 5. The summed E-state index contributed by atoms with van der Waals surface area (Å²) < 4.78 is 26.3. The lowest BCUT2D eigenvalue weighted by Gasteiger charge is -2.57. The van der Waals surface area contributed by atoms with Gasteiger partial charge in [0.05, 0.1) is 6.26 Å². The molecule has 0 radical (unpaired) electrons. The van der Waals surface area contributed by atoms with Gasteiger partial charge in [-0.05, 0) is 50.5 Å². The second-order valence-corrected chi connectivity index (χ2v) is 11.1. The fraction of sp³-hybridized carbons (Fsp3) is 0.800. The van der Waals surface area contributed by atoms with Crippen molar-refractivity contribution in [2.75, 3.05) is 37.3 Å². The van der Waals surface area contributed by atoms with Crippen LogP contribution in [0.2, 0.25) is 0 Å². The summed E-state index contributed by atoms with van der Waals surface area (Å²) in [5.74, 6) is 2.81. The average Bonchev–Trinajstić information content (AvgIpc) is 3.52. The molecule has 7 nitrogen and oxygen atoms in total. The van der Waals surface area contributed by atoms with Gasteiger partial charge in [0, 0.05) is 49.4 Å². The van der Waals surface area contributed by atoms with Gasteiger partial charge in [0.15, 0.2) is 0 Å². The highest BCUT2D eigenvalue weighted by atomic mass is 32.2. The van der Waals surface area contributed by atoms with Crippen LogP contribution in [0.3, 0.4) is 0 Å². The molecule has 1 aromatic heterocycles. The minimum Gasteiger partial charge on any atom is -0.356 e. The topological polar surface area (TPSA) is 78.4 Å². The maximum absolute atomic E-state index is 11.7. The Morgan fingerprint density at radius 3 is 2.75 bits per heavy atom. The van der Waals surface area contributed by atoms with Crippen molar-refractivity contribution in [2.24, 2.45) is 11.8 Å². The van der Waals surface area contributed by atoms with Crippen LogP contribution in [0, 0.1) is 11.8 Å². The number of aromatic nitrogens is 2. The molecule has 154 valence electrons. The van der Waals surface area contributed by atoms with E-state index in [0.29, 0.717) is 30.3 Å². The van der Waals surface area contributed by atoms with Crippen molar-refractivity contribution in [3.8, 4) is 0 Å². The second kappa shape index (κ2) is 7.22. The van der Waals surface area contributed by atoms with Crippen molar-refractivity contribution in [1.29, 1.82) is 0 Å². The van der Waals surface area contributed by atoms with Crippen molar-refractivity contribution in [1.82, 2.24) is 19.6 Å². The van der Waals surface area contributed by atoms with Gasteiger partial charge < -0.3 is 4.90 Å². The highest BCUT2D eigenvalue weighted by Crippen LogP contribution is 2.43. The maximum Gasteiger partial charge on any atom is 0.208 e. The molecule has 1 N–H and O–H groups in total. The Morgan fingerprint density at radius 1 is 1.14 bits per heavy atom. The molecule has 4 fully saturated rings. The second-order valence-electron chi connectivity index (χ2n) is 9.23. The molecule has 4 aliphatic rings. The number of fused-ring (bicyclic) bond motifs is 4. The summed E-state index contributed by atoms with van der Waals surface area (Å²) in [5.41, 5.74) is 1.19. The van der Waals surface area contributed by atoms with E-state index in [4.69, 9.17) is 0 Å². The van der Waals surface area contributed by atoms with Crippen LogP contribution in [0.1, 0.15) is 50.1 Å². The largest absolute Gasteiger partial charge is 0.356 e. The first-order valence-electron chi connectivity index (χ1n) is 10.8. The van der Waals surface area contributed by atoms with Gasteiger partial charge in [0.2, 0.25) is 10.0 Å². The molecule has 1 aliphatic carbocycles. The molecule has 0 spiro atoms. The lowest BCUT2D eigenvalue weighted by atomic mass is 9.72. The van der Waals surface area contributed by atoms with Gasteiger partial charge in [-0.1, -0.05) is 6.42 Å². The third-order valence-corrected chi connectivity index (χ3v) is 7.86. The van der Waals surface area contributed by atoms with Gasteiger partial charge in [-0.15, -0.1) is 0 Å². The Labute approximate surface area is 168 Å². The molecule has 1 saturated carbocycles. The molecular formula is C20H31N5O2S. The van der Waals surface area contributed by atoms with Crippen molar-refractivity contribution in [3.05, 3.63) is 18.1 Å². The van der Waals surface area contributed by atoms with E-state index in [1.165, 1.54) is 50.5 Å². The molecule has 5 rings (SSSR count). The molecule has 0 aromatic carbocycles. The van der Waals surface area contributed by atoms with Crippen molar-refractivity contribution in [2.45, 2.75) is 56.5 Å². The normalized spacial score (nSPS) is 33.5. The zero-order valence-electron chi connectivity index (χ0n) is 16.6. The molecule has 28 heavy (non-hydrogen) atoms. The summed E-state index contributed by atoms with van der Waals surface area (Å²) in [7, 11) is -3.17. The van der Waals surface area contributed by atoms with Crippen molar-refractivity contribution >= 4 is 15.8 Å². The lowest BCUT2D eigenvalue weighted by Crippen LogP contribution is -2.65. The summed E-state index contributed by atoms with van der Waals surface area (Å²) >= 11 is 0. The van der Waals surface area contributed by atoms with Gasteiger partial charge >= 0.3 is 0 Å². The van der Waals surface area contributed by atoms with Crippen LogP contribution < -0.4 is 9.62 Å². The standard InChI is InChI=1S/C20H31N5O2S/c1-28(26,27)23-10-19-16-8-15(18-4-2-3-7-25(18)19)11-24(12-16)20-9-17(14-5-6-14)21-13-22-20/h9,13-16,18-19,23H,2-8,10-12H2,1H3/t15-,16+,18+,19+/m1/s1. The number of hydrogen-bond donors (Lipinski definition) is 1. The molecular weight excluding hydrogens is 374 g/mol. The quantitative estimate of drug-likeness (QED) is 0.801. The van der Waals surface area contributed by atoms with E-state index >= 15 is 0 Å². The Morgan fingerprint density at radius 2 is 1.96 bits per heavy atom. The number of nitrogens with zero attached hydrogens (tertiary/aromatic N) is 4. The van der Waals surface area contributed by atoms with Crippen LogP contribution in [0.15, 0.2) is 12.4 Å². The van der Waals surface area contributed by atoms with E-state index in [-0.39, 0.29) is 6.04 Å². The van der Waals surface area contributed by atoms with Crippen LogP contribution in [0.5, 0.6) is 0 Å². The molecule has 3 aliphatic heterocycles. The molecule has 4 heterocycles. The summed E-state index contributed by atoms with van der Waals surface area (Å²) in [5, 5.41) is 0. The van der Waals surface area contributed by atoms with E-state index < -0.39 is 10.0 Å². The zero-order valence-corrected chi connectivity index (χ0v) is 17.4. The number of sulfonamides is 1. The van der Waals surface area contributed by atoms with Crippen LogP contribution in [0.25, 0.3) is 0 Å². The summed E-state index contributed by atoms with van der Waals surface area (Å²) in [6, 6.07) is 3.05. The molecule has 4 atom stereocenters. The lowest BCUT2D eigenvalue weighted by molar-refractivity contribution is -0.0295. The van der Waals surface area contributed by atoms with Crippen LogP contribution >= 0.6 is 0 Å². The Balaban J connectivity index is 1.39. The van der Waals surface area contributed by atoms with E-state index in [0.717, 1.165) is 25.5 Å². The van der Waals surface area contributed by atoms with Gasteiger partial charge in [-0.2, -0.15) is 0 Å². The van der Waals surface area contributed by atoms with Crippen LogP contribution in [-0.2, 0) is 10.0 Å². The third-order valence-electron chi connectivity index (χ3n) is 7.17. The van der Waals surface area contributed by atoms with Gasteiger partial charge in [-0.3, -0.25) is 4.90 Å². The summed E-state index contributed by atoms with van der Waals surface area (Å²) in [6.07, 6.45) is 10.4. The van der Waals surface area contributed by atoms with Crippen LogP contribution in [0.4, 0.5) is 5.82 Å². The SMILES string of the molecule is CS(=O)(=O)NC[C@H]1[C@H]2C[C@H](CN(c3cc(C4CC4)ncn3)C2)[C@@H]2CCCCN21. The first-order chi connectivity index (χ1) is 13.5. The van der Waals surface area contributed by atoms with E-state index in [9.17, 15) is 8.42 Å². The molecule has 2 bridgehead atoms. The number of piperidine rings is 3. The predicted molar refractivity (Wildman–Crippen MR) is 109 cm³/mol. The molecule has 0 amide bonds. The summed E-state index contributed by atoms with van der Waals surface area (Å²) in [4.78, 5) is 14.2. The van der Waals surface area contributed by atoms with Gasteiger partial charge in [0.25, 0.3) is 0 Å². The van der Waals surface area contributed by atoms with E-state index in [1.807, 2.05) is 0 Å². The summed E-state index contributed by atoms with van der Waals surface area (Å²) in [6.45, 7) is 3.65. The molecule has 0 unspecified atom stereocenters. The van der Waals surface area contributed by atoms with E-state index in [1.54, 1.807) is 6.33 Å². The van der Waals surface area contributed by atoms with Crippen molar-refractivity contribution < 1.29 is 8.42 Å². The Kier molecular flexibility index (Phi) is 4.83. The highest BCUT2D eigenvalue weighted by molar-refractivity contribution is 7.88. The molecule has 1 aromatic rings. The highest BCUT2D eigenvalue weighted by Gasteiger charge is 2.47. The van der Waals surface area contributed by atoms with Gasteiger partial charge in [0.1, 0.15) is 12.1 Å². The van der Waals surface area contributed by atoms with Crippen molar-refractivity contribution in [3.63, 3.8) is 0 Å². The predicted octanol–water partition coefficient (Wildman–Crippen LogP) is 1.58.